The lowest BCUT2D eigenvalue weighted by atomic mass is 9.80. The van der Waals surface area contributed by atoms with Crippen molar-refractivity contribution in [3.05, 3.63) is 34.1 Å². The van der Waals surface area contributed by atoms with Crippen LogP contribution in [0.25, 0.3) is 0 Å². The highest BCUT2D eigenvalue weighted by molar-refractivity contribution is 9.10. The first-order chi connectivity index (χ1) is 5.77. The minimum absolute atomic E-state index is 0.139. The highest BCUT2D eigenvalue weighted by atomic mass is 79.9. The lowest BCUT2D eigenvalue weighted by Gasteiger charge is -2.25. The lowest BCUT2D eigenvalue weighted by molar-refractivity contribution is 0.418. The Balaban J connectivity index is 2.27. The third-order valence-corrected chi connectivity index (χ3v) is 3.16. The van der Waals surface area contributed by atoms with Gasteiger partial charge in [-0.05, 0) is 52.4 Å². The first-order valence-corrected chi connectivity index (χ1v) is 5.01. The van der Waals surface area contributed by atoms with Gasteiger partial charge >= 0.3 is 0 Å². The van der Waals surface area contributed by atoms with Crippen molar-refractivity contribution in [2.45, 2.75) is 25.2 Å². The number of hydrogen-bond acceptors (Lipinski definition) is 0. The number of halogens is 2. The van der Waals surface area contributed by atoms with Gasteiger partial charge in [0.25, 0.3) is 0 Å². The van der Waals surface area contributed by atoms with E-state index in [0.717, 1.165) is 5.56 Å². The zero-order valence-electron chi connectivity index (χ0n) is 6.69. The summed E-state index contributed by atoms with van der Waals surface area (Å²) in [6.45, 7) is 0. The number of benzene rings is 1. The van der Waals surface area contributed by atoms with E-state index < -0.39 is 0 Å². The molecule has 0 heterocycles. The maximum absolute atomic E-state index is 13.1. The molecule has 0 N–H and O–H groups in total. The van der Waals surface area contributed by atoms with Gasteiger partial charge in [-0.25, -0.2) is 4.39 Å². The van der Waals surface area contributed by atoms with E-state index in [2.05, 4.69) is 15.9 Å². The molecule has 1 aromatic carbocycles. The Hall–Kier alpha value is -0.370. The fourth-order valence-corrected chi connectivity index (χ4v) is 1.75. The molecule has 1 aliphatic rings. The zero-order valence-corrected chi connectivity index (χ0v) is 8.27. The van der Waals surface area contributed by atoms with Crippen molar-refractivity contribution in [1.29, 1.82) is 0 Å². The van der Waals surface area contributed by atoms with Crippen LogP contribution in [0.3, 0.4) is 0 Å². The van der Waals surface area contributed by atoms with E-state index in [-0.39, 0.29) is 5.82 Å². The van der Waals surface area contributed by atoms with Crippen molar-refractivity contribution in [3.63, 3.8) is 0 Å². The van der Waals surface area contributed by atoms with Gasteiger partial charge in [0, 0.05) is 0 Å². The van der Waals surface area contributed by atoms with Crippen LogP contribution >= 0.6 is 15.9 Å². The van der Waals surface area contributed by atoms with E-state index in [9.17, 15) is 4.39 Å². The number of hydrogen-bond donors (Lipinski definition) is 0. The Morgan fingerprint density at radius 1 is 1.33 bits per heavy atom. The van der Waals surface area contributed by atoms with Crippen molar-refractivity contribution >= 4 is 15.9 Å². The molecule has 0 aliphatic heterocycles. The maximum Gasteiger partial charge on any atom is 0.137 e. The van der Waals surface area contributed by atoms with Crippen LogP contribution in [0.4, 0.5) is 4.39 Å². The summed E-state index contributed by atoms with van der Waals surface area (Å²) in [5, 5.41) is 0. The van der Waals surface area contributed by atoms with E-state index in [4.69, 9.17) is 0 Å². The first-order valence-electron chi connectivity index (χ1n) is 4.22. The van der Waals surface area contributed by atoms with Crippen molar-refractivity contribution in [1.82, 2.24) is 0 Å². The molecule has 0 bridgehead atoms. The second kappa shape index (κ2) is 3.17. The smallest absolute Gasteiger partial charge is 0.137 e. The summed E-state index contributed by atoms with van der Waals surface area (Å²) >= 11 is 3.14. The van der Waals surface area contributed by atoms with Gasteiger partial charge in [0.05, 0.1) is 4.47 Å². The molecule has 0 amide bonds. The van der Waals surface area contributed by atoms with E-state index in [1.54, 1.807) is 12.1 Å². The summed E-state index contributed by atoms with van der Waals surface area (Å²) in [6.07, 6.45) is 3.74. The Kier molecular flexibility index (Phi) is 2.18. The Morgan fingerprint density at radius 3 is 2.58 bits per heavy atom. The molecule has 1 saturated carbocycles. The molecule has 0 saturated heterocycles. The molecule has 1 aliphatic carbocycles. The fourth-order valence-electron chi connectivity index (χ4n) is 1.51. The molecule has 0 aromatic heterocycles. The van der Waals surface area contributed by atoms with Gasteiger partial charge in [-0.2, -0.15) is 0 Å². The molecule has 1 fully saturated rings. The van der Waals surface area contributed by atoms with Crippen LogP contribution in [0.5, 0.6) is 0 Å². The maximum atomic E-state index is 13.1. The van der Waals surface area contributed by atoms with Crippen molar-refractivity contribution < 1.29 is 4.39 Å². The quantitative estimate of drug-likeness (QED) is 0.685. The average molecular weight is 229 g/mol. The van der Waals surface area contributed by atoms with Crippen LogP contribution in [0, 0.1) is 5.82 Å². The van der Waals surface area contributed by atoms with Gasteiger partial charge in [0.2, 0.25) is 0 Å². The third kappa shape index (κ3) is 1.40. The van der Waals surface area contributed by atoms with Gasteiger partial charge in [-0.3, -0.25) is 0 Å². The van der Waals surface area contributed by atoms with Crippen LogP contribution in [0.1, 0.15) is 30.7 Å². The summed E-state index contributed by atoms with van der Waals surface area (Å²) in [5.41, 5.74) is 1.15. The summed E-state index contributed by atoms with van der Waals surface area (Å²) < 4.78 is 13.6. The normalized spacial score (nSPS) is 17.5. The van der Waals surface area contributed by atoms with Gasteiger partial charge in [-0.15, -0.1) is 0 Å². The van der Waals surface area contributed by atoms with E-state index >= 15 is 0 Å². The molecule has 2 rings (SSSR count). The highest BCUT2D eigenvalue weighted by Crippen LogP contribution is 2.37. The minimum Gasteiger partial charge on any atom is -0.206 e. The van der Waals surface area contributed by atoms with Crippen molar-refractivity contribution in [2.75, 3.05) is 0 Å². The van der Waals surface area contributed by atoms with Gasteiger partial charge < -0.3 is 0 Å². The molecular formula is C10H10BrF. The molecule has 0 spiro atoms. The molecule has 0 unspecified atom stereocenters. The van der Waals surface area contributed by atoms with Crippen LogP contribution in [-0.4, -0.2) is 0 Å². The molecule has 64 valence electrons. The molecule has 0 radical (unpaired) electrons. The average Bonchev–Trinajstić information content (AvgIpc) is 1.93. The van der Waals surface area contributed by atoms with Crippen LogP contribution < -0.4 is 0 Å². The van der Waals surface area contributed by atoms with Gasteiger partial charge in [0.1, 0.15) is 5.82 Å². The van der Waals surface area contributed by atoms with E-state index in [0.29, 0.717) is 10.4 Å². The second-order valence-electron chi connectivity index (χ2n) is 3.30. The molecule has 1 aromatic rings. The Morgan fingerprint density at radius 2 is 2.08 bits per heavy atom. The van der Waals surface area contributed by atoms with Gasteiger partial charge in [0.15, 0.2) is 0 Å². The second-order valence-corrected chi connectivity index (χ2v) is 4.16. The first kappa shape index (κ1) is 8.24. The van der Waals surface area contributed by atoms with E-state index in [1.807, 2.05) is 6.07 Å². The van der Waals surface area contributed by atoms with Crippen molar-refractivity contribution in [2.24, 2.45) is 0 Å². The lowest BCUT2D eigenvalue weighted by Crippen LogP contribution is -2.08. The summed E-state index contributed by atoms with van der Waals surface area (Å²) in [6, 6.07) is 5.45. The summed E-state index contributed by atoms with van der Waals surface area (Å²) in [7, 11) is 0. The largest absolute Gasteiger partial charge is 0.206 e. The molecule has 12 heavy (non-hydrogen) atoms. The zero-order chi connectivity index (χ0) is 8.55. The Bertz CT molecular complexity index is 292. The predicted octanol–water partition coefficient (Wildman–Crippen LogP) is 3.86. The fraction of sp³-hybridized carbons (Fsp3) is 0.400. The topological polar surface area (TPSA) is 0 Å². The van der Waals surface area contributed by atoms with E-state index in [1.165, 1.54) is 19.3 Å². The third-order valence-electron chi connectivity index (χ3n) is 2.52. The SMILES string of the molecule is Fc1cc(C2CCC2)ccc1Br. The van der Waals surface area contributed by atoms with Crippen LogP contribution in [0.15, 0.2) is 22.7 Å². The van der Waals surface area contributed by atoms with Crippen LogP contribution in [0.2, 0.25) is 0 Å². The minimum atomic E-state index is -0.139. The van der Waals surface area contributed by atoms with Crippen LogP contribution in [-0.2, 0) is 0 Å². The highest BCUT2D eigenvalue weighted by Gasteiger charge is 2.19. The number of rotatable bonds is 1. The van der Waals surface area contributed by atoms with Gasteiger partial charge in [-0.1, -0.05) is 12.5 Å². The molecule has 0 nitrogen and oxygen atoms in total. The predicted molar refractivity (Wildman–Crippen MR) is 50.7 cm³/mol. The Labute approximate surface area is 79.9 Å². The molecule has 0 atom stereocenters. The molecule has 2 heteroatoms. The summed E-state index contributed by atoms with van der Waals surface area (Å²) in [4.78, 5) is 0. The van der Waals surface area contributed by atoms with Crippen molar-refractivity contribution in [3.8, 4) is 0 Å². The molecular weight excluding hydrogens is 219 g/mol. The monoisotopic (exact) mass is 228 g/mol. The standard InChI is InChI=1S/C10H10BrF/c11-9-5-4-8(6-10(9)12)7-2-1-3-7/h4-7H,1-3H2. The summed E-state index contributed by atoms with van der Waals surface area (Å²) in [5.74, 6) is 0.479.